The van der Waals surface area contributed by atoms with E-state index >= 15 is 0 Å². The second-order valence-electron chi connectivity index (χ2n) is 1.92. The van der Waals surface area contributed by atoms with E-state index in [4.69, 9.17) is 5.11 Å². The molecule has 0 spiro atoms. The molecule has 2 N–H and O–H groups in total. The Morgan fingerprint density at radius 3 is 2.36 bits per heavy atom. The van der Waals surface area contributed by atoms with Gasteiger partial charge < -0.3 is 10.4 Å². The predicted molar refractivity (Wildman–Crippen MR) is 44.1 cm³/mol. The van der Waals surface area contributed by atoms with Gasteiger partial charge in [0.1, 0.15) is 6.54 Å². The number of amides is 1. The number of carboxylic acids is 1. The van der Waals surface area contributed by atoms with Gasteiger partial charge in [-0.3, -0.25) is 9.59 Å². The summed E-state index contributed by atoms with van der Waals surface area (Å²) >= 11 is 0. The Balaban J connectivity index is 0. The fourth-order valence-electron chi connectivity index (χ4n) is 0.490. The van der Waals surface area contributed by atoms with Crippen LogP contribution in [0.25, 0.3) is 0 Å². The predicted octanol–water partition coefficient (Wildman–Crippen LogP) is -0.929. The van der Waals surface area contributed by atoms with Crippen LogP contribution in [0, 0.1) is 0 Å². The molecule has 0 aliphatic carbocycles. The fourth-order valence-corrected chi connectivity index (χ4v) is 0.490. The third-order valence-electron chi connectivity index (χ3n) is 0.914. The summed E-state index contributed by atoms with van der Waals surface area (Å²) in [6.07, 6.45) is 1.14. The van der Waals surface area contributed by atoms with Gasteiger partial charge in [-0.1, -0.05) is 6.92 Å². The van der Waals surface area contributed by atoms with Crippen molar-refractivity contribution in [2.24, 2.45) is 0 Å². The first-order valence-corrected chi connectivity index (χ1v) is 3.15. The minimum atomic E-state index is -1.01. The summed E-state index contributed by atoms with van der Waals surface area (Å²) in [7, 11) is 0. The summed E-state index contributed by atoms with van der Waals surface area (Å²) in [5, 5.41) is 10.4. The Bertz CT molecular complexity index is 138. The van der Waals surface area contributed by atoms with Crippen LogP contribution >= 0.6 is 0 Å². The molecule has 0 heterocycles. The molecule has 0 saturated carbocycles. The molecular weight excluding hydrogens is 174 g/mol. The van der Waals surface area contributed by atoms with Crippen LogP contribution in [0.2, 0.25) is 0 Å². The van der Waals surface area contributed by atoms with Gasteiger partial charge in [0.05, 0.1) is 0 Å². The Labute approximate surface area is 95.3 Å². The summed E-state index contributed by atoms with van der Waals surface area (Å²) < 4.78 is 0. The molecule has 0 atom stereocenters. The Kier molecular flexibility index (Phi) is 10.4. The van der Waals surface area contributed by atoms with Gasteiger partial charge in [0.2, 0.25) is 5.91 Å². The summed E-state index contributed by atoms with van der Waals surface area (Å²) in [6, 6.07) is 0. The van der Waals surface area contributed by atoms with Gasteiger partial charge >= 0.3 is 43.7 Å². The van der Waals surface area contributed by atoms with Gasteiger partial charge in [-0.15, -0.1) is 0 Å². The van der Waals surface area contributed by atoms with E-state index in [0.29, 0.717) is 6.42 Å². The van der Waals surface area contributed by atoms with Crippen molar-refractivity contribution < 1.29 is 14.7 Å². The van der Waals surface area contributed by atoms with Gasteiger partial charge in [-0.25, -0.2) is 0 Å². The number of hydrogen-bond acceptors (Lipinski definition) is 2. The van der Waals surface area contributed by atoms with E-state index in [2.05, 4.69) is 5.32 Å². The van der Waals surface area contributed by atoms with E-state index in [1.165, 1.54) is 0 Å². The van der Waals surface area contributed by atoms with Crippen molar-refractivity contribution in [2.75, 3.05) is 6.54 Å². The van der Waals surface area contributed by atoms with Crippen LogP contribution < -0.4 is 5.32 Å². The normalized spacial score (nSPS) is 8.09. The van der Waals surface area contributed by atoms with E-state index in [1.807, 2.05) is 6.92 Å². The van der Waals surface area contributed by atoms with Crippen LogP contribution in [0.4, 0.5) is 0 Å². The number of rotatable bonds is 4. The summed E-state index contributed by atoms with van der Waals surface area (Å²) in [5.41, 5.74) is 0. The first kappa shape index (κ1) is 13.8. The molecule has 62 valence electrons. The molecule has 1 amide bonds. The van der Waals surface area contributed by atoms with Crippen molar-refractivity contribution in [1.82, 2.24) is 5.32 Å². The fraction of sp³-hybridized carbons (Fsp3) is 0.667. The molecule has 0 aromatic heterocycles. The molecule has 0 saturated heterocycles. The number of hydrogen-bond donors (Lipinski definition) is 2. The van der Waals surface area contributed by atoms with Crippen LogP contribution in [0.1, 0.15) is 19.8 Å². The number of carbonyl (C=O) groups is 2. The Hall–Kier alpha value is 0.200. The molecule has 0 fully saturated rings. The molecule has 11 heavy (non-hydrogen) atoms. The van der Waals surface area contributed by atoms with Crippen LogP contribution in [0.3, 0.4) is 0 Å². The standard InChI is InChI=1S/C6H11NO3.Ca.2H/c1-2-3-5(8)7-4-6(9)10;;;/h2-4H2,1H3,(H,7,8)(H,9,10);;;. The van der Waals surface area contributed by atoms with E-state index in [1.54, 1.807) is 0 Å². The minimum absolute atomic E-state index is 0. The third kappa shape index (κ3) is 10.2. The zero-order valence-corrected chi connectivity index (χ0v) is 5.89. The van der Waals surface area contributed by atoms with Gasteiger partial charge in [0, 0.05) is 6.42 Å². The molecule has 0 aromatic carbocycles. The molecule has 0 unspecified atom stereocenters. The van der Waals surface area contributed by atoms with Gasteiger partial charge in [-0.05, 0) is 6.42 Å². The molecule has 0 aromatic rings. The second-order valence-corrected chi connectivity index (χ2v) is 1.92. The van der Waals surface area contributed by atoms with Crippen molar-refractivity contribution in [1.29, 1.82) is 0 Å². The Morgan fingerprint density at radius 1 is 1.45 bits per heavy atom. The van der Waals surface area contributed by atoms with Crippen molar-refractivity contribution in [3.8, 4) is 0 Å². The van der Waals surface area contributed by atoms with Crippen LogP contribution in [0.15, 0.2) is 0 Å². The van der Waals surface area contributed by atoms with Crippen LogP contribution in [-0.4, -0.2) is 61.3 Å². The maximum absolute atomic E-state index is 10.6. The van der Waals surface area contributed by atoms with Crippen molar-refractivity contribution in [3.63, 3.8) is 0 Å². The van der Waals surface area contributed by atoms with E-state index in [-0.39, 0.29) is 50.2 Å². The van der Waals surface area contributed by atoms with E-state index < -0.39 is 5.97 Å². The van der Waals surface area contributed by atoms with Gasteiger partial charge in [0.25, 0.3) is 0 Å². The summed E-state index contributed by atoms with van der Waals surface area (Å²) in [4.78, 5) is 20.5. The molecule has 0 rings (SSSR count). The SMILES string of the molecule is CCCC(=O)NCC(=O)O.[CaH2]. The maximum atomic E-state index is 10.6. The monoisotopic (exact) mass is 187 g/mol. The first-order valence-electron chi connectivity index (χ1n) is 3.15. The average molecular weight is 187 g/mol. The molecule has 0 aliphatic heterocycles. The van der Waals surface area contributed by atoms with Crippen LogP contribution in [0.5, 0.6) is 0 Å². The topological polar surface area (TPSA) is 66.4 Å². The van der Waals surface area contributed by atoms with Crippen molar-refractivity contribution in [3.05, 3.63) is 0 Å². The molecule has 0 bridgehead atoms. The van der Waals surface area contributed by atoms with Crippen LogP contribution in [-0.2, 0) is 9.59 Å². The summed E-state index contributed by atoms with van der Waals surface area (Å²) in [5.74, 6) is -1.21. The molecule has 0 aliphatic rings. The number of carboxylic acid groups (broad SMARTS) is 1. The Morgan fingerprint density at radius 2 is 2.00 bits per heavy atom. The van der Waals surface area contributed by atoms with Crippen molar-refractivity contribution in [2.45, 2.75) is 19.8 Å². The van der Waals surface area contributed by atoms with E-state index in [9.17, 15) is 9.59 Å². The number of nitrogens with one attached hydrogen (secondary N) is 1. The molecule has 0 radical (unpaired) electrons. The first-order chi connectivity index (χ1) is 4.66. The zero-order chi connectivity index (χ0) is 7.98. The van der Waals surface area contributed by atoms with Gasteiger partial charge in [0.15, 0.2) is 0 Å². The number of carbonyl (C=O) groups excluding carboxylic acids is 1. The average Bonchev–Trinajstić information content (AvgIpc) is 1.85. The van der Waals surface area contributed by atoms with Crippen molar-refractivity contribution >= 4 is 49.6 Å². The summed E-state index contributed by atoms with van der Waals surface area (Å²) in [6.45, 7) is 1.58. The number of aliphatic carboxylic acids is 1. The quantitative estimate of drug-likeness (QED) is 0.559. The molecular formula is C6H13CaNO3. The van der Waals surface area contributed by atoms with Gasteiger partial charge in [-0.2, -0.15) is 0 Å². The second kappa shape index (κ2) is 8.30. The molecule has 4 nitrogen and oxygen atoms in total. The third-order valence-corrected chi connectivity index (χ3v) is 0.914. The van der Waals surface area contributed by atoms with E-state index in [0.717, 1.165) is 6.42 Å². The molecule has 5 heteroatoms. The zero-order valence-electron chi connectivity index (χ0n) is 5.89.